The fraction of sp³-hybridized carbons (Fsp3) is 0.556. The van der Waals surface area contributed by atoms with Crippen LogP contribution >= 0.6 is 0 Å². The number of hydrogen-bond donors (Lipinski definition) is 3. The van der Waals surface area contributed by atoms with Gasteiger partial charge in [0.25, 0.3) is 0 Å². The quantitative estimate of drug-likeness (QED) is 0.495. The zero-order chi connectivity index (χ0) is 12.1. The number of nitrogens with two attached hydrogens (primary N) is 1. The molecule has 4 N–H and O–H groups in total. The van der Waals surface area contributed by atoms with Gasteiger partial charge < -0.3 is 10.2 Å². The van der Waals surface area contributed by atoms with Gasteiger partial charge >= 0.3 is 0 Å². The minimum atomic E-state index is -0.496. The second-order valence-electron chi connectivity index (χ2n) is 3.84. The molecular formula is C9H17FN6. The lowest BCUT2D eigenvalue weighted by Crippen LogP contribution is -2.30. The summed E-state index contributed by atoms with van der Waals surface area (Å²) in [6, 6.07) is 0.0741. The number of hydrazine groups is 1. The zero-order valence-electron chi connectivity index (χ0n) is 9.66. The van der Waals surface area contributed by atoms with Crippen LogP contribution in [0.15, 0.2) is 6.20 Å². The van der Waals surface area contributed by atoms with Gasteiger partial charge in [-0.25, -0.2) is 15.2 Å². The van der Waals surface area contributed by atoms with E-state index in [2.05, 4.69) is 20.7 Å². The molecule has 0 amide bonds. The van der Waals surface area contributed by atoms with Crippen LogP contribution in [0.25, 0.3) is 0 Å². The van der Waals surface area contributed by atoms with Crippen molar-refractivity contribution in [3.05, 3.63) is 12.0 Å². The first-order chi connectivity index (χ1) is 7.52. The van der Waals surface area contributed by atoms with Crippen molar-refractivity contribution in [1.29, 1.82) is 0 Å². The Bertz CT molecular complexity index is 343. The van der Waals surface area contributed by atoms with Gasteiger partial charge in [-0.1, -0.05) is 0 Å². The van der Waals surface area contributed by atoms with Crippen LogP contribution < -0.4 is 16.6 Å². The molecule has 1 aromatic heterocycles. The molecule has 1 rings (SSSR count). The molecule has 0 aliphatic carbocycles. The van der Waals surface area contributed by atoms with Crippen molar-refractivity contribution in [1.82, 2.24) is 14.9 Å². The number of hydrogen-bond acceptors (Lipinski definition) is 6. The Labute approximate surface area is 94.0 Å². The highest BCUT2D eigenvalue weighted by atomic mass is 19.1. The average molecular weight is 228 g/mol. The first-order valence-corrected chi connectivity index (χ1v) is 4.93. The molecule has 16 heavy (non-hydrogen) atoms. The number of rotatable bonds is 5. The number of aromatic nitrogens is 2. The maximum Gasteiger partial charge on any atom is 0.239 e. The van der Waals surface area contributed by atoms with Crippen LogP contribution in [-0.4, -0.2) is 41.5 Å². The summed E-state index contributed by atoms with van der Waals surface area (Å²) in [5.74, 6) is 4.98. The third-order valence-electron chi connectivity index (χ3n) is 1.90. The van der Waals surface area contributed by atoms with Gasteiger partial charge in [0, 0.05) is 12.6 Å². The SMILES string of the molecule is CC(CN(C)C)Nc1nc(NN)ncc1F. The number of nitrogens with zero attached hydrogens (tertiary/aromatic N) is 3. The highest BCUT2D eigenvalue weighted by Gasteiger charge is 2.10. The molecule has 6 nitrogen and oxygen atoms in total. The Kier molecular flexibility index (Phi) is 4.39. The lowest BCUT2D eigenvalue weighted by molar-refractivity contribution is 0.391. The summed E-state index contributed by atoms with van der Waals surface area (Å²) in [5.41, 5.74) is 2.27. The van der Waals surface area contributed by atoms with E-state index in [4.69, 9.17) is 5.84 Å². The molecule has 1 atom stereocenters. The summed E-state index contributed by atoms with van der Waals surface area (Å²) in [7, 11) is 3.89. The molecule has 0 aliphatic rings. The van der Waals surface area contributed by atoms with Crippen molar-refractivity contribution in [2.24, 2.45) is 5.84 Å². The molecule has 1 unspecified atom stereocenters. The van der Waals surface area contributed by atoms with Gasteiger partial charge in [-0.05, 0) is 21.0 Å². The minimum absolute atomic E-state index is 0.0741. The topological polar surface area (TPSA) is 79.1 Å². The number of anilines is 2. The van der Waals surface area contributed by atoms with Crippen molar-refractivity contribution in [2.45, 2.75) is 13.0 Å². The van der Waals surface area contributed by atoms with Crippen molar-refractivity contribution in [3.63, 3.8) is 0 Å². The van der Waals surface area contributed by atoms with E-state index in [0.717, 1.165) is 12.7 Å². The van der Waals surface area contributed by atoms with Crippen LogP contribution in [0.5, 0.6) is 0 Å². The highest BCUT2D eigenvalue weighted by Crippen LogP contribution is 2.12. The summed E-state index contributed by atoms with van der Waals surface area (Å²) >= 11 is 0. The maximum atomic E-state index is 13.3. The van der Waals surface area contributed by atoms with Gasteiger partial charge in [-0.2, -0.15) is 4.98 Å². The van der Waals surface area contributed by atoms with Crippen LogP contribution in [0.2, 0.25) is 0 Å². The Morgan fingerprint density at radius 3 is 2.81 bits per heavy atom. The van der Waals surface area contributed by atoms with Crippen molar-refractivity contribution >= 4 is 11.8 Å². The van der Waals surface area contributed by atoms with Crippen LogP contribution in [-0.2, 0) is 0 Å². The molecule has 1 aromatic rings. The lowest BCUT2D eigenvalue weighted by atomic mass is 10.3. The summed E-state index contributed by atoms with van der Waals surface area (Å²) in [4.78, 5) is 9.54. The van der Waals surface area contributed by atoms with Crippen LogP contribution in [0.3, 0.4) is 0 Å². The van der Waals surface area contributed by atoms with Gasteiger partial charge in [-0.3, -0.25) is 5.43 Å². The fourth-order valence-corrected chi connectivity index (χ4v) is 1.36. The van der Waals surface area contributed by atoms with E-state index in [9.17, 15) is 4.39 Å². The molecule has 0 radical (unpaired) electrons. The maximum absolute atomic E-state index is 13.3. The molecule has 0 saturated carbocycles. The molecule has 0 bridgehead atoms. The van der Waals surface area contributed by atoms with E-state index in [1.54, 1.807) is 0 Å². The molecule has 7 heteroatoms. The first-order valence-electron chi connectivity index (χ1n) is 4.93. The van der Waals surface area contributed by atoms with E-state index in [1.165, 1.54) is 0 Å². The Balaban J connectivity index is 2.71. The van der Waals surface area contributed by atoms with Crippen molar-refractivity contribution in [2.75, 3.05) is 31.4 Å². The second kappa shape index (κ2) is 5.57. The van der Waals surface area contributed by atoms with Gasteiger partial charge in [0.15, 0.2) is 11.6 Å². The third-order valence-corrected chi connectivity index (χ3v) is 1.90. The van der Waals surface area contributed by atoms with Crippen LogP contribution in [0.4, 0.5) is 16.2 Å². The molecule has 0 aliphatic heterocycles. The molecule has 0 aromatic carbocycles. The third kappa shape index (κ3) is 3.59. The number of nitrogens with one attached hydrogen (secondary N) is 2. The number of likely N-dealkylation sites (N-methyl/N-ethyl adjacent to an activating group) is 1. The van der Waals surface area contributed by atoms with Gasteiger partial charge in [0.2, 0.25) is 5.95 Å². The predicted molar refractivity (Wildman–Crippen MR) is 61.4 cm³/mol. The van der Waals surface area contributed by atoms with E-state index in [0.29, 0.717) is 0 Å². The lowest BCUT2D eigenvalue weighted by Gasteiger charge is -2.19. The Hall–Kier alpha value is -1.47. The smallest absolute Gasteiger partial charge is 0.239 e. The van der Waals surface area contributed by atoms with E-state index in [1.807, 2.05) is 25.9 Å². The van der Waals surface area contributed by atoms with Crippen LogP contribution in [0.1, 0.15) is 6.92 Å². The number of halogens is 1. The van der Waals surface area contributed by atoms with Crippen molar-refractivity contribution in [3.8, 4) is 0 Å². The highest BCUT2D eigenvalue weighted by molar-refractivity contribution is 5.41. The normalized spacial score (nSPS) is 12.6. The molecule has 0 saturated heterocycles. The molecule has 0 spiro atoms. The Morgan fingerprint density at radius 2 is 2.25 bits per heavy atom. The first kappa shape index (κ1) is 12.6. The fourth-order valence-electron chi connectivity index (χ4n) is 1.36. The molecular weight excluding hydrogens is 211 g/mol. The Morgan fingerprint density at radius 1 is 1.56 bits per heavy atom. The minimum Gasteiger partial charge on any atom is -0.364 e. The molecule has 1 heterocycles. The number of nitrogen functional groups attached to an aromatic ring is 1. The molecule has 90 valence electrons. The zero-order valence-corrected chi connectivity index (χ0v) is 9.66. The van der Waals surface area contributed by atoms with E-state index >= 15 is 0 Å². The van der Waals surface area contributed by atoms with Gasteiger partial charge in [0.05, 0.1) is 6.20 Å². The van der Waals surface area contributed by atoms with Crippen molar-refractivity contribution < 1.29 is 4.39 Å². The predicted octanol–water partition coefficient (Wildman–Crippen LogP) is 0.263. The summed E-state index contributed by atoms with van der Waals surface area (Å²) in [6.07, 6.45) is 1.08. The van der Waals surface area contributed by atoms with Crippen LogP contribution in [0, 0.1) is 5.82 Å². The second-order valence-corrected chi connectivity index (χ2v) is 3.84. The van der Waals surface area contributed by atoms with E-state index < -0.39 is 5.82 Å². The average Bonchev–Trinajstić information content (AvgIpc) is 2.20. The van der Waals surface area contributed by atoms with E-state index in [-0.39, 0.29) is 17.8 Å². The summed E-state index contributed by atoms with van der Waals surface area (Å²) in [5, 5.41) is 2.95. The molecule has 0 fully saturated rings. The largest absolute Gasteiger partial charge is 0.364 e. The monoisotopic (exact) mass is 228 g/mol. The summed E-state index contributed by atoms with van der Waals surface area (Å²) in [6.45, 7) is 2.71. The summed E-state index contributed by atoms with van der Waals surface area (Å²) < 4.78 is 13.3. The van der Waals surface area contributed by atoms with Gasteiger partial charge in [-0.15, -0.1) is 0 Å². The standard InChI is InChI=1S/C9H17FN6/c1-6(5-16(2)3)13-8-7(10)4-12-9(14-8)15-11/h4,6H,5,11H2,1-3H3,(H2,12,13,14,15). The van der Waals surface area contributed by atoms with Gasteiger partial charge in [0.1, 0.15) is 0 Å².